The second-order valence-electron chi connectivity index (χ2n) is 3.20. The van der Waals surface area contributed by atoms with E-state index in [2.05, 4.69) is 20.4 Å². The molecule has 5 heteroatoms. The van der Waals surface area contributed by atoms with Crippen LogP contribution in [0.3, 0.4) is 0 Å². The monoisotopic (exact) mass is 204 g/mol. The first-order chi connectivity index (χ1) is 7.33. The van der Waals surface area contributed by atoms with Crippen LogP contribution in [0, 0.1) is 6.92 Å². The summed E-state index contributed by atoms with van der Waals surface area (Å²) >= 11 is 0. The maximum Gasteiger partial charge on any atom is 0.191 e. The molecule has 2 rings (SSSR count). The Morgan fingerprint density at radius 1 is 1.33 bits per heavy atom. The van der Waals surface area contributed by atoms with E-state index in [9.17, 15) is 0 Å². The van der Waals surface area contributed by atoms with Gasteiger partial charge in [-0.2, -0.15) is 0 Å². The Kier molecular flexibility index (Phi) is 2.73. The lowest BCUT2D eigenvalue weighted by Gasteiger charge is -2.01. The minimum Gasteiger partial charge on any atom is -0.354 e. The first-order valence-corrected chi connectivity index (χ1v) is 4.69. The molecule has 0 saturated heterocycles. The summed E-state index contributed by atoms with van der Waals surface area (Å²) in [4.78, 5) is 8.41. The van der Waals surface area contributed by atoms with E-state index in [1.165, 1.54) is 0 Å². The van der Waals surface area contributed by atoms with Crippen molar-refractivity contribution in [2.75, 3.05) is 7.05 Å². The first-order valence-electron chi connectivity index (χ1n) is 4.69. The van der Waals surface area contributed by atoms with Crippen LogP contribution in [-0.2, 0) is 6.54 Å². The molecule has 0 aliphatic heterocycles. The van der Waals surface area contributed by atoms with Crippen LogP contribution in [0.5, 0.6) is 0 Å². The van der Waals surface area contributed by atoms with Gasteiger partial charge in [-0.1, -0.05) is 5.16 Å². The van der Waals surface area contributed by atoms with Gasteiger partial charge in [0.2, 0.25) is 0 Å². The number of hydrogen-bond acceptors (Lipinski definition) is 5. The molecule has 0 aromatic carbocycles. The average molecular weight is 204 g/mol. The van der Waals surface area contributed by atoms with Crippen LogP contribution in [0.15, 0.2) is 23.1 Å². The molecule has 0 saturated carbocycles. The highest BCUT2D eigenvalue weighted by atomic mass is 16.5. The Bertz CT molecular complexity index is 452. The number of hydrogen-bond donors (Lipinski definition) is 1. The van der Waals surface area contributed by atoms with Crippen molar-refractivity contribution in [2.24, 2.45) is 0 Å². The van der Waals surface area contributed by atoms with E-state index >= 15 is 0 Å². The third-order valence-electron chi connectivity index (χ3n) is 2.11. The number of aryl methyl sites for hydroxylation is 1. The Labute approximate surface area is 87.5 Å². The van der Waals surface area contributed by atoms with Crippen LogP contribution >= 0.6 is 0 Å². The zero-order valence-electron chi connectivity index (χ0n) is 8.69. The zero-order chi connectivity index (χ0) is 10.7. The number of rotatable bonds is 3. The van der Waals surface area contributed by atoms with Crippen molar-refractivity contribution < 1.29 is 4.52 Å². The van der Waals surface area contributed by atoms with Gasteiger partial charge in [0.1, 0.15) is 5.69 Å². The van der Waals surface area contributed by atoms with Crippen molar-refractivity contribution in [3.05, 3.63) is 29.8 Å². The molecule has 1 N–H and O–H groups in total. The van der Waals surface area contributed by atoms with Gasteiger partial charge in [-0.25, -0.2) is 4.98 Å². The Morgan fingerprint density at radius 2 is 2.13 bits per heavy atom. The highest BCUT2D eigenvalue weighted by Crippen LogP contribution is 2.22. The molecule has 0 unspecified atom stereocenters. The van der Waals surface area contributed by atoms with Gasteiger partial charge in [-0.05, 0) is 14.0 Å². The molecule has 0 spiro atoms. The second-order valence-corrected chi connectivity index (χ2v) is 3.20. The molecule has 0 atom stereocenters. The van der Waals surface area contributed by atoms with Crippen molar-refractivity contribution in [1.29, 1.82) is 0 Å². The highest BCUT2D eigenvalue weighted by Gasteiger charge is 2.13. The van der Waals surface area contributed by atoms with Gasteiger partial charge >= 0.3 is 0 Å². The molecule has 15 heavy (non-hydrogen) atoms. The Morgan fingerprint density at radius 3 is 2.87 bits per heavy atom. The van der Waals surface area contributed by atoms with Crippen LogP contribution in [-0.4, -0.2) is 22.2 Å². The molecule has 0 fully saturated rings. The van der Waals surface area contributed by atoms with Gasteiger partial charge in [0, 0.05) is 24.5 Å². The first kappa shape index (κ1) is 9.79. The van der Waals surface area contributed by atoms with E-state index in [0.717, 1.165) is 17.0 Å². The molecule has 0 bridgehead atoms. The minimum absolute atomic E-state index is 0.690. The largest absolute Gasteiger partial charge is 0.354 e. The summed E-state index contributed by atoms with van der Waals surface area (Å²) in [5.41, 5.74) is 2.58. The predicted octanol–water partition coefficient (Wildman–Crippen LogP) is 1.16. The SMILES string of the molecule is CNCc1cnoc1-c1nccnc1C. The second kappa shape index (κ2) is 4.18. The molecule has 0 amide bonds. The summed E-state index contributed by atoms with van der Waals surface area (Å²) in [5.74, 6) is 0.690. The summed E-state index contributed by atoms with van der Waals surface area (Å²) in [6.45, 7) is 2.60. The van der Waals surface area contributed by atoms with Crippen LogP contribution in [0.2, 0.25) is 0 Å². The van der Waals surface area contributed by atoms with Crippen molar-refractivity contribution in [3.8, 4) is 11.5 Å². The molecule has 78 valence electrons. The van der Waals surface area contributed by atoms with E-state index in [4.69, 9.17) is 4.52 Å². The summed E-state index contributed by atoms with van der Waals surface area (Å²) in [5, 5.41) is 6.83. The topological polar surface area (TPSA) is 63.8 Å². The maximum absolute atomic E-state index is 5.19. The third kappa shape index (κ3) is 1.87. The van der Waals surface area contributed by atoms with E-state index in [1.54, 1.807) is 18.6 Å². The normalized spacial score (nSPS) is 10.5. The van der Waals surface area contributed by atoms with Crippen molar-refractivity contribution in [2.45, 2.75) is 13.5 Å². The van der Waals surface area contributed by atoms with Crippen molar-refractivity contribution >= 4 is 0 Å². The molecule has 0 radical (unpaired) electrons. The van der Waals surface area contributed by atoms with Gasteiger partial charge in [-0.15, -0.1) is 0 Å². The highest BCUT2D eigenvalue weighted by molar-refractivity contribution is 5.58. The average Bonchev–Trinajstić information content (AvgIpc) is 2.67. The van der Waals surface area contributed by atoms with E-state index in [-0.39, 0.29) is 0 Å². The minimum atomic E-state index is 0.690. The predicted molar refractivity (Wildman–Crippen MR) is 55.0 cm³/mol. The fourth-order valence-corrected chi connectivity index (χ4v) is 1.40. The summed E-state index contributed by atoms with van der Waals surface area (Å²) in [6, 6.07) is 0. The quantitative estimate of drug-likeness (QED) is 0.812. The van der Waals surface area contributed by atoms with E-state index < -0.39 is 0 Å². The maximum atomic E-state index is 5.19. The molecular weight excluding hydrogens is 192 g/mol. The molecule has 2 aromatic rings. The summed E-state index contributed by atoms with van der Waals surface area (Å²) in [7, 11) is 1.88. The fourth-order valence-electron chi connectivity index (χ4n) is 1.40. The van der Waals surface area contributed by atoms with Gasteiger partial charge in [0.15, 0.2) is 5.76 Å². The number of aromatic nitrogens is 3. The molecule has 0 aliphatic rings. The van der Waals surface area contributed by atoms with Crippen molar-refractivity contribution in [1.82, 2.24) is 20.4 Å². The Balaban J connectivity index is 2.45. The standard InChI is InChI=1S/C10H12N4O/c1-7-9(13-4-3-12-7)10-8(5-11-2)6-14-15-10/h3-4,6,11H,5H2,1-2H3. The fraction of sp³-hybridized carbons (Fsp3) is 0.300. The summed E-state index contributed by atoms with van der Waals surface area (Å²) < 4.78 is 5.19. The van der Waals surface area contributed by atoms with Crippen molar-refractivity contribution in [3.63, 3.8) is 0 Å². The van der Waals surface area contributed by atoms with E-state index in [0.29, 0.717) is 12.3 Å². The lowest BCUT2D eigenvalue weighted by Crippen LogP contribution is -2.05. The lowest BCUT2D eigenvalue weighted by molar-refractivity contribution is 0.429. The van der Waals surface area contributed by atoms with E-state index in [1.807, 2.05) is 14.0 Å². The van der Waals surface area contributed by atoms with Gasteiger partial charge in [0.05, 0.1) is 11.9 Å². The molecule has 0 aliphatic carbocycles. The van der Waals surface area contributed by atoms with Gasteiger partial charge < -0.3 is 9.84 Å². The smallest absolute Gasteiger partial charge is 0.191 e. The third-order valence-corrected chi connectivity index (χ3v) is 2.11. The van der Waals surface area contributed by atoms with Crippen LogP contribution in [0.1, 0.15) is 11.3 Å². The molecule has 5 nitrogen and oxygen atoms in total. The van der Waals surface area contributed by atoms with Crippen LogP contribution in [0.4, 0.5) is 0 Å². The molecule has 2 aromatic heterocycles. The molecular formula is C10H12N4O. The Hall–Kier alpha value is -1.75. The van der Waals surface area contributed by atoms with Crippen LogP contribution in [0.25, 0.3) is 11.5 Å². The lowest BCUT2D eigenvalue weighted by atomic mass is 10.2. The van der Waals surface area contributed by atoms with Gasteiger partial charge in [-0.3, -0.25) is 4.98 Å². The number of nitrogens with one attached hydrogen (secondary N) is 1. The van der Waals surface area contributed by atoms with Gasteiger partial charge in [0.25, 0.3) is 0 Å². The summed E-state index contributed by atoms with van der Waals surface area (Å²) in [6.07, 6.45) is 5.00. The number of nitrogens with zero attached hydrogens (tertiary/aromatic N) is 3. The zero-order valence-corrected chi connectivity index (χ0v) is 8.69. The molecule has 2 heterocycles. The van der Waals surface area contributed by atoms with Crippen LogP contribution < -0.4 is 5.32 Å².